The Morgan fingerprint density at radius 3 is 2.03 bits per heavy atom. The SMILES string of the molecule is O=C(Nc1cc(N2CCN(Cc3ccccc3)CC2)ncn1)c1cc(C(F)(F)F)cc(C(F)(F)F)c1. The molecule has 1 saturated heterocycles. The molecule has 3 aromatic rings. The molecule has 1 fully saturated rings. The quantitative estimate of drug-likeness (QED) is 0.486. The van der Waals surface area contributed by atoms with Gasteiger partial charge < -0.3 is 10.2 Å². The van der Waals surface area contributed by atoms with E-state index in [0.29, 0.717) is 31.0 Å². The highest BCUT2D eigenvalue weighted by Gasteiger charge is 2.37. The fourth-order valence-electron chi connectivity index (χ4n) is 3.84. The van der Waals surface area contributed by atoms with Crippen LogP contribution in [0.4, 0.5) is 38.0 Å². The molecule has 2 aromatic carbocycles. The highest BCUT2D eigenvalue weighted by atomic mass is 19.4. The van der Waals surface area contributed by atoms with Crippen molar-refractivity contribution in [3.8, 4) is 0 Å². The molecule has 36 heavy (non-hydrogen) atoms. The first kappa shape index (κ1) is 25.4. The lowest BCUT2D eigenvalue weighted by Crippen LogP contribution is -2.46. The van der Waals surface area contributed by atoms with Gasteiger partial charge in [-0.25, -0.2) is 9.97 Å². The molecule has 6 nitrogen and oxygen atoms in total. The van der Waals surface area contributed by atoms with Crippen LogP contribution in [0.1, 0.15) is 27.0 Å². The summed E-state index contributed by atoms with van der Waals surface area (Å²) < 4.78 is 78.6. The predicted octanol–water partition coefficient (Wildman–Crippen LogP) is 5.09. The lowest BCUT2D eigenvalue weighted by atomic mass is 10.0. The molecule has 4 rings (SSSR count). The number of hydrogen-bond acceptors (Lipinski definition) is 5. The van der Waals surface area contributed by atoms with E-state index in [-0.39, 0.29) is 11.9 Å². The van der Waals surface area contributed by atoms with Gasteiger partial charge in [-0.15, -0.1) is 0 Å². The zero-order chi connectivity index (χ0) is 25.9. The van der Waals surface area contributed by atoms with E-state index in [1.807, 2.05) is 35.2 Å². The fourth-order valence-corrected chi connectivity index (χ4v) is 3.84. The number of amides is 1. The number of hydrogen-bond donors (Lipinski definition) is 1. The number of anilines is 2. The third-order valence-corrected chi connectivity index (χ3v) is 5.69. The number of carbonyl (C=O) groups is 1. The molecule has 1 aliphatic heterocycles. The van der Waals surface area contributed by atoms with E-state index in [4.69, 9.17) is 0 Å². The maximum absolute atomic E-state index is 13.1. The van der Waals surface area contributed by atoms with E-state index in [1.165, 1.54) is 18.0 Å². The summed E-state index contributed by atoms with van der Waals surface area (Å²) in [5.41, 5.74) is -2.73. The number of aromatic nitrogens is 2. The Kier molecular flexibility index (Phi) is 7.16. The molecule has 0 unspecified atom stereocenters. The van der Waals surface area contributed by atoms with Crippen LogP contribution >= 0.6 is 0 Å². The van der Waals surface area contributed by atoms with Gasteiger partial charge in [0.25, 0.3) is 5.91 Å². The van der Waals surface area contributed by atoms with Gasteiger partial charge in [-0.05, 0) is 23.8 Å². The standard InChI is InChI=1S/C24H21F6N5O/c25-23(26,27)18-10-17(11-19(12-18)24(28,29)30)22(36)33-20-13-21(32-15-31-20)35-8-6-34(7-9-35)14-16-4-2-1-3-5-16/h1-5,10-13,15H,6-9,14H2,(H,31,32,33,36). The Morgan fingerprint density at radius 2 is 1.44 bits per heavy atom. The second kappa shape index (κ2) is 10.1. The highest BCUT2D eigenvalue weighted by Crippen LogP contribution is 2.36. The van der Waals surface area contributed by atoms with Gasteiger partial charge in [-0.1, -0.05) is 30.3 Å². The van der Waals surface area contributed by atoms with Crippen LogP contribution in [0.5, 0.6) is 0 Å². The van der Waals surface area contributed by atoms with E-state index >= 15 is 0 Å². The fraction of sp³-hybridized carbons (Fsp3) is 0.292. The minimum Gasteiger partial charge on any atom is -0.354 e. The molecule has 0 bridgehead atoms. The van der Waals surface area contributed by atoms with Gasteiger partial charge in [-0.2, -0.15) is 26.3 Å². The number of halogens is 6. The second-order valence-corrected chi connectivity index (χ2v) is 8.26. The minimum absolute atomic E-state index is 0.0307. The molecule has 0 saturated carbocycles. The maximum atomic E-state index is 13.1. The predicted molar refractivity (Wildman–Crippen MR) is 120 cm³/mol. The third-order valence-electron chi connectivity index (χ3n) is 5.69. The van der Waals surface area contributed by atoms with Crippen LogP contribution in [-0.2, 0) is 18.9 Å². The molecule has 0 aliphatic carbocycles. The number of carbonyl (C=O) groups excluding carboxylic acids is 1. The summed E-state index contributed by atoms with van der Waals surface area (Å²) in [6.45, 7) is 3.59. The van der Waals surface area contributed by atoms with Gasteiger partial charge in [0.15, 0.2) is 0 Å². The zero-order valence-electron chi connectivity index (χ0n) is 18.8. The topological polar surface area (TPSA) is 61.4 Å². The Balaban J connectivity index is 1.45. The molecule has 1 aliphatic rings. The van der Waals surface area contributed by atoms with Gasteiger partial charge in [0, 0.05) is 44.4 Å². The summed E-state index contributed by atoms with van der Waals surface area (Å²) in [7, 11) is 0. The largest absolute Gasteiger partial charge is 0.416 e. The van der Waals surface area contributed by atoms with Crippen LogP contribution < -0.4 is 10.2 Å². The van der Waals surface area contributed by atoms with Crippen LogP contribution in [0.3, 0.4) is 0 Å². The Morgan fingerprint density at radius 1 is 0.833 bits per heavy atom. The number of alkyl halides is 6. The zero-order valence-corrected chi connectivity index (χ0v) is 18.8. The molecular formula is C24H21F6N5O. The lowest BCUT2D eigenvalue weighted by Gasteiger charge is -2.35. The van der Waals surface area contributed by atoms with Crippen molar-refractivity contribution >= 4 is 17.5 Å². The Labute approximate surface area is 202 Å². The highest BCUT2D eigenvalue weighted by molar-refractivity contribution is 6.04. The van der Waals surface area contributed by atoms with Crippen molar-refractivity contribution in [2.24, 2.45) is 0 Å². The number of benzene rings is 2. The van der Waals surface area contributed by atoms with Crippen LogP contribution in [0, 0.1) is 0 Å². The first-order chi connectivity index (χ1) is 17.0. The van der Waals surface area contributed by atoms with E-state index in [9.17, 15) is 31.1 Å². The Bertz CT molecular complexity index is 1180. The molecule has 1 amide bonds. The van der Waals surface area contributed by atoms with Crippen LogP contribution in [-0.4, -0.2) is 47.0 Å². The summed E-state index contributed by atoms with van der Waals surface area (Å²) in [6.07, 6.45) is -8.93. The molecule has 0 spiro atoms. The lowest BCUT2D eigenvalue weighted by molar-refractivity contribution is -0.143. The summed E-state index contributed by atoms with van der Waals surface area (Å²) >= 11 is 0. The number of nitrogens with one attached hydrogen (secondary N) is 1. The minimum atomic E-state index is -5.05. The van der Waals surface area contributed by atoms with Crippen molar-refractivity contribution in [2.75, 3.05) is 36.4 Å². The average molecular weight is 509 g/mol. The van der Waals surface area contributed by atoms with Gasteiger partial charge in [0.1, 0.15) is 18.0 Å². The van der Waals surface area contributed by atoms with Gasteiger partial charge in [0.2, 0.25) is 0 Å². The van der Waals surface area contributed by atoms with Crippen molar-refractivity contribution in [3.63, 3.8) is 0 Å². The first-order valence-corrected chi connectivity index (χ1v) is 10.9. The molecule has 0 radical (unpaired) electrons. The van der Waals surface area contributed by atoms with Crippen LogP contribution in [0.2, 0.25) is 0 Å². The van der Waals surface area contributed by atoms with E-state index in [2.05, 4.69) is 20.2 Å². The van der Waals surface area contributed by atoms with Crippen molar-refractivity contribution in [2.45, 2.75) is 18.9 Å². The van der Waals surface area contributed by atoms with Crippen molar-refractivity contribution in [3.05, 3.63) is 83.2 Å². The van der Waals surface area contributed by atoms with Gasteiger partial charge in [-0.3, -0.25) is 9.69 Å². The molecular weight excluding hydrogens is 488 g/mol. The normalized spacial score (nSPS) is 15.1. The van der Waals surface area contributed by atoms with Crippen molar-refractivity contribution < 1.29 is 31.1 Å². The molecule has 0 atom stereocenters. The van der Waals surface area contributed by atoms with Crippen LogP contribution in [0.15, 0.2) is 60.9 Å². The van der Waals surface area contributed by atoms with Crippen LogP contribution in [0.25, 0.3) is 0 Å². The molecule has 12 heteroatoms. The second-order valence-electron chi connectivity index (χ2n) is 8.26. The number of nitrogens with zero attached hydrogens (tertiary/aromatic N) is 4. The molecule has 1 N–H and O–H groups in total. The summed E-state index contributed by atoms with van der Waals surface area (Å²) in [6, 6.07) is 12.2. The van der Waals surface area contributed by atoms with E-state index in [0.717, 1.165) is 19.6 Å². The molecule has 190 valence electrons. The monoisotopic (exact) mass is 509 g/mol. The maximum Gasteiger partial charge on any atom is 0.416 e. The van der Waals surface area contributed by atoms with Gasteiger partial charge >= 0.3 is 12.4 Å². The smallest absolute Gasteiger partial charge is 0.354 e. The van der Waals surface area contributed by atoms with Crippen molar-refractivity contribution in [1.82, 2.24) is 14.9 Å². The third kappa shape index (κ3) is 6.30. The van der Waals surface area contributed by atoms with Crippen molar-refractivity contribution in [1.29, 1.82) is 0 Å². The number of piperazine rings is 1. The Hall–Kier alpha value is -3.67. The summed E-state index contributed by atoms with van der Waals surface area (Å²) in [5.74, 6) is -0.703. The summed E-state index contributed by atoms with van der Waals surface area (Å²) in [4.78, 5) is 24.9. The van der Waals surface area contributed by atoms with E-state index < -0.39 is 35.0 Å². The summed E-state index contributed by atoms with van der Waals surface area (Å²) in [5, 5.41) is 2.27. The molecule has 1 aromatic heterocycles. The first-order valence-electron chi connectivity index (χ1n) is 10.9. The number of rotatable bonds is 5. The van der Waals surface area contributed by atoms with E-state index in [1.54, 1.807) is 0 Å². The average Bonchev–Trinajstić information content (AvgIpc) is 2.84. The molecule has 2 heterocycles. The van der Waals surface area contributed by atoms with Gasteiger partial charge in [0.05, 0.1) is 11.1 Å².